The van der Waals surface area contributed by atoms with Crippen LogP contribution in [0.3, 0.4) is 0 Å². The number of nitrogens with two attached hydrogens (primary N) is 1. The third-order valence-electron chi connectivity index (χ3n) is 4.03. The van der Waals surface area contributed by atoms with E-state index in [1.165, 1.54) is 24.2 Å². The van der Waals surface area contributed by atoms with Crippen LogP contribution in [-0.4, -0.2) is 43.2 Å². The van der Waals surface area contributed by atoms with Gasteiger partial charge in [-0.3, -0.25) is 4.79 Å². The first-order valence-corrected chi connectivity index (χ1v) is 8.40. The number of aromatic nitrogens is 1. The van der Waals surface area contributed by atoms with Gasteiger partial charge in [-0.2, -0.15) is 0 Å². The Kier molecular flexibility index (Phi) is 4.30. The Morgan fingerprint density at radius 1 is 1.52 bits per heavy atom. The lowest BCUT2D eigenvalue weighted by Crippen LogP contribution is -2.36. The lowest BCUT2D eigenvalue weighted by Gasteiger charge is -2.25. The Morgan fingerprint density at radius 3 is 3.00 bits per heavy atom. The van der Waals surface area contributed by atoms with E-state index >= 15 is 0 Å². The number of carbonyl (C=O) groups is 1. The van der Waals surface area contributed by atoms with Crippen molar-refractivity contribution >= 4 is 28.2 Å². The summed E-state index contributed by atoms with van der Waals surface area (Å²) in [6.45, 7) is 5.17. The van der Waals surface area contributed by atoms with Crippen molar-refractivity contribution in [2.24, 2.45) is 5.92 Å². The van der Waals surface area contributed by atoms with E-state index < -0.39 is 0 Å². The summed E-state index contributed by atoms with van der Waals surface area (Å²) in [5.74, 6) is 0.909. The fourth-order valence-corrected chi connectivity index (χ4v) is 3.66. The molecule has 0 spiro atoms. The van der Waals surface area contributed by atoms with Gasteiger partial charge in [-0.1, -0.05) is 24.7 Å². The van der Waals surface area contributed by atoms with E-state index in [4.69, 9.17) is 10.5 Å². The molecule has 0 aromatic carbocycles. The average molecular weight is 310 g/mol. The first-order valence-electron chi connectivity index (χ1n) is 7.59. The molecule has 7 heteroatoms. The molecule has 1 aromatic heterocycles. The number of anilines is 2. The zero-order valence-corrected chi connectivity index (χ0v) is 13.1. The third-order valence-corrected chi connectivity index (χ3v) is 5.16. The highest BCUT2D eigenvalue weighted by Gasteiger charge is 2.38. The molecule has 1 amide bonds. The minimum absolute atomic E-state index is 0.0758. The third kappa shape index (κ3) is 3.29. The van der Waals surface area contributed by atoms with Gasteiger partial charge < -0.3 is 20.7 Å². The standard InChI is InChI=1S/C14H22N4O2S/c1-2-3-9-8-10(9)16-13(19)11-12(15)17-14(21-11)18-4-6-20-7-5-18/h9-10H,2-8,15H2,1H3,(H,16,19). The van der Waals surface area contributed by atoms with Gasteiger partial charge in [0.15, 0.2) is 5.13 Å². The van der Waals surface area contributed by atoms with E-state index in [0.29, 0.717) is 35.9 Å². The number of morpholine rings is 1. The second-order valence-corrected chi connectivity index (χ2v) is 6.65. The number of hydrogen-bond acceptors (Lipinski definition) is 6. The van der Waals surface area contributed by atoms with E-state index in [1.54, 1.807) is 0 Å². The van der Waals surface area contributed by atoms with Gasteiger partial charge in [0.1, 0.15) is 10.7 Å². The highest BCUT2D eigenvalue weighted by atomic mass is 32.1. The molecule has 2 unspecified atom stereocenters. The van der Waals surface area contributed by atoms with Gasteiger partial charge in [0.25, 0.3) is 5.91 Å². The number of ether oxygens (including phenoxy) is 1. The van der Waals surface area contributed by atoms with Gasteiger partial charge in [0.2, 0.25) is 0 Å². The highest BCUT2D eigenvalue weighted by Crippen LogP contribution is 2.36. The SMILES string of the molecule is CCCC1CC1NC(=O)c1sc(N2CCOCC2)nc1N. The zero-order valence-electron chi connectivity index (χ0n) is 12.3. The summed E-state index contributed by atoms with van der Waals surface area (Å²) in [5.41, 5.74) is 5.92. The topological polar surface area (TPSA) is 80.5 Å². The van der Waals surface area contributed by atoms with Gasteiger partial charge in [-0.25, -0.2) is 4.98 Å². The maximum absolute atomic E-state index is 12.3. The molecule has 2 atom stereocenters. The van der Waals surface area contributed by atoms with Crippen LogP contribution in [0.15, 0.2) is 0 Å². The number of hydrogen-bond donors (Lipinski definition) is 2. The summed E-state index contributed by atoms with van der Waals surface area (Å²) in [6.07, 6.45) is 3.44. The van der Waals surface area contributed by atoms with Crippen molar-refractivity contribution in [3.05, 3.63) is 4.88 Å². The van der Waals surface area contributed by atoms with E-state index in [0.717, 1.165) is 24.6 Å². The molecule has 21 heavy (non-hydrogen) atoms. The van der Waals surface area contributed by atoms with Crippen LogP contribution in [0.1, 0.15) is 35.9 Å². The van der Waals surface area contributed by atoms with Gasteiger partial charge in [-0.15, -0.1) is 0 Å². The van der Waals surface area contributed by atoms with Crippen LogP contribution in [0, 0.1) is 5.92 Å². The number of carbonyl (C=O) groups excluding carboxylic acids is 1. The van der Waals surface area contributed by atoms with E-state index in [-0.39, 0.29) is 5.91 Å². The Balaban J connectivity index is 1.62. The molecule has 1 saturated heterocycles. The Labute approximate surface area is 128 Å². The second-order valence-electron chi connectivity index (χ2n) is 5.67. The lowest BCUT2D eigenvalue weighted by atomic mass is 10.2. The van der Waals surface area contributed by atoms with Crippen molar-refractivity contribution in [1.82, 2.24) is 10.3 Å². The largest absolute Gasteiger partial charge is 0.382 e. The Bertz CT molecular complexity index is 513. The molecular formula is C14H22N4O2S. The van der Waals surface area contributed by atoms with Crippen LogP contribution in [-0.2, 0) is 4.74 Å². The summed E-state index contributed by atoms with van der Waals surface area (Å²) in [6, 6.07) is 0.325. The van der Waals surface area contributed by atoms with Crippen molar-refractivity contribution in [3.8, 4) is 0 Å². The van der Waals surface area contributed by atoms with Crippen LogP contribution < -0.4 is 16.0 Å². The summed E-state index contributed by atoms with van der Waals surface area (Å²) in [5, 5.41) is 3.89. The first kappa shape index (κ1) is 14.6. The number of rotatable bonds is 5. The van der Waals surface area contributed by atoms with Crippen LogP contribution in [0.2, 0.25) is 0 Å². The summed E-state index contributed by atoms with van der Waals surface area (Å²) in [7, 11) is 0. The Hall–Kier alpha value is -1.34. The van der Waals surface area contributed by atoms with Crippen LogP contribution in [0.5, 0.6) is 0 Å². The molecular weight excluding hydrogens is 288 g/mol. The Morgan fingerprint density at radius 2 is 2.29 bits per heavy atom. The molecule has 3 rings (SSSR count). The molecule has 2 aliphatic rings. The minimum Gasteiger partial charge on any atom is -0.382 e. The predicted octanol–water partition coefficient (Wildman–Crippen LogP) is 1.48. The predicted molar refractivity (Wildman–Crippen MR) is 83.8 cm³/mol. The highest BCUT2D eigenvalue weighted by molar-refractivity contribution is 7.18. The fourth-order valence-electron chi connectivity index (χ4n) is 2.72. The van der Waals surface area contributed by atoms with Gasteiger partial charge in [0, 0.05) is 19.1 Å². The minimum atomic E-state index is -0.0758. The molecule has 6 nitrogen and oxygen atoms in total. The van der Waals surface area contributed by atoms with Crippen molar-refractivity contribution in [2.45, 2.75) is 32.2 Å². The van der Waals surface area contributed by atoms with Gasteiger partial charge in [-0.05, 0) is 18.8 Å². The molecule has 1 aliphatic carbocycles. The molecule has 2 heterocycles. The normalized spacial score (nSPS) is 24.9. The number of nitrogen functional groups attached to an aromatic ring is 1. The van der Waals surface area contributed by atoms with Crippen molar-refractivity contribution in [2.75, 3.05) is 36.9 Å². The first-order chi connectivity index (χ1) is 10.2. The monoisotopic (exact) mass is 310 g/mol. The molecule has 1 aromatic rings. The van der Waals surface area contributed by atoms with Crippen LogP contribution in [0.4, 0.5) is 10.9 Å². The van der Waals surface area contributed by atoms with E-state index in [1.807, 2.05) is 0 Å². The molecule has 3 N–H and O–H groups in total. The summed E-state index contributed by atoms with van der Waals surface area (Å²) >= 11 is 1.38. The molecule has 1 saturated carbocycles. The van der Waals surface area contributed by atoms with E-state index in [2.05, 4.69) is 22.1 Å². The number of thiazole rings is 1. The van der Waals surface area contributed by atoms with Crippen LogP contribution in [0.25, 0.3) is 0 Å². The molecule has 0 radical (unpaired) electrons. The molecule has 2 fully saturated rings. The van der Waals surface area contributed by atoms with Crippen molar-refractivity contribution < 1.29 is 9.53 Å². The second kappa shape index (κ2) is 6.19. The van der Waals surface area contributed by atoms with Crippen molar-refractivity contribution in [3.63, 3.8) is 0 Å². The maximum atomic E-state index is 12.3. The number of nitrogens with one attached hydrogen (secondary N) is 1. The van der Waals surface area contributed by atoms with Crippen molar-refractivity contribution in [1.29, 1.82) is 0 Å². The number of nitrogens with zero attached hydrogens (tertiary/aromatic N) is 2. The number of amides is 1. The maximum Gasteiger partial charge on any atom is 0.265 e. The smallest absolute Gasteiger partial charge is 0.265 e. The zero-order chi connectivity index (χ0) is 14.8. The summed E-state index contributed by atoms with van der Waals surface area (Å²) in [4.78, 5) is 19.3. The lowest BCUT2D eigenvalue weighted by molar-refractivity contribution is 0.0953. The molecule has 0 bridgehead atoms. The molecule has 1 aliphatic heterocycles. The molecule has 116 valence electrons. The summed E-state index contributed by atoms with van der Waals surface area (Å²) < 4.78 is 5.33. The fraction of sp³-hybridized carbons (Fsp3) is 0.714. The van der Waals surface area contributed by atoms with Gasteiger partial charge in [0.05, 0.1) is 13.2 Å². The van der Waals surface area contributed by atoms with E-state index in [9.17, 15) is 4.79 Å². The average Bonchev–Trinajstić information content (AvgIpc) is 3.08. The van der Waals surface area contributed by atoms with Crippen LogP contribution >= 0.6 is 11.3 Å². The quantitative estimate of drug-likeness (QED) is 0.861. The van der Waals surface area contributed by atoms with Gasteiger partial charge >= 0.3 is 0 Å².